The Hall–Kier alpha value is -1.60. The van der Waals surface area contributed by atoms with Gasteiger partial charge in [0.15, 0.2) is 0 Å². The van der Waals surface area contributed by atoms with Crippen LogP contribution in [0.2, 0.25) is 10.0 Å². The first-order valence-electron chi connectivity index (χ1n) is 9.13. The number of nitrogens with one attached hydrogen (secondary N) is 1. The lowest BCUT2D eigenvalue weighted by Gasteiger charge is -2.30. The molecule has 1 amide bonds. The molecule has 28 heavy (non-hydrogen) atoms. The van der Waals surface area contributed by atoms with Crippen LogP contribution in [0.1, 0.15) is 42.5 Å². The number of amides is 1. The molecule has 2 aromatic rings. The van der Waals surface area contributed by atoms with Gasteiger partial charge in [0.2, 0.25) is 10.0 Å². The normalized spacial score (nSPS) is 15.6. The first kappa shape index (κ1) is 21.1. The summed E-state index contributed by atoms with van der Waals surface area (Å²) in [5, 5.41) is 3.50. The van der Waals surface area contributed by atoms with Gasteiger partial charge < -0.3 is 5.32 Å². The Morgan fingerprint density at radius 2 is 1.68 bits per heavy atom. The number of anilines is 1. The van der Waals surface area contributed by atoms with Gasteiger partial charge in [-0.2, -0.15) is 4.31 Å². The van der Waals surface area contributed by atoms with Crippen molar-refractivity contribution in [2.24, 2.45) is 0 Å². The molecule has 2 aromatic carbocycles. The summed E-state index contributed by atoms with van der Waals surface area (Å²) in [6.45, 7) is 0. The number of nitrogens with zero attached hydrogens (tertiary/aromatic N) is 1. The minimum atomic E-state index is -3.59. The zero-order chi connectivity index (χ0) is 20.3. The van der Waals surface area contributed by atoms with Crippen LogP contribution >= 0.6 is 23.2 Å². The average Bonchev–Trinajstić information content (AvgIpc) is 2.70. The highest BCUT2D eigenvalue weighted by Crippen LogP contribution is 2.28. The van der Waals surface area contributed by atoms with Gasteiger partial charge in [-0.05, 0) is 55.3 Å². The number of rotatable bonds is 5. The molecule has 0 heterocycles. The standard InChI is InChI=1S/C20H22Cl2N2O3S/c1-24(16-5-3-2-4-6-16)28(26,27)17-10-7-14(8-11-17)20(25)23-19-12-9-15(21)13-18(19)22/h7-13,16H,2-6H2,1H3,(H,23,25). The monoisotopic (exact) mass is 440 g/mol. The van der Waals surface area contributed by atoms with Gasteiger partial charge in [-0.1, -0.05) is 42.5 Å². The van der Waals surface area contributed by atoms with E-state index in [4.69, 9.17) is 23.2 Å². The SMILES string of the molecule is CN(C1CCCCC1)S(=O)(=O)c1ccc(C(=O)Nc2ccc(Cl)cc2Cl)cc1. The van der Waals surface area contributed by atoms with Gasteiger partial charge in [0, 0.05) is 23.7 Å². The van der Waals surface area contributed by atoms with Crippen molar-refractivity contribution in [3.05, 3.63) is 58.1 Å². The molecule has 0 aliphatic heterocycles. The highest BCUT2D eigenvalue weighted by atomic mass is 35.5. The highest BCUT2D eigenvalue weighted by molar-refractivity contribution is 7.89. The summed E-state index contributed by atoms with van der Waals surface area (Å²) in [5.41, 5.74) is 0.773. The molecular formula is C20H22Cl2N2O3S. The summed E-state index contributed by atoms with van der Waals surface area (Å²) >= 11 is 11.9. The number of carbonyl (C=O) groups is 1. The molecule has 0 radical (unpaired) electrons. The molecule has 1 aliphatic rings. The predicted octanol–water partition coefficient (Wildman–Crippen LogP) is 5.20. The molecule has 1 aliphatic carbocycles. The zero-order valence-electron chi connectivity index (χ0n) is 15.5. The molecule has 0 saturated heterocycles. The third-order valence-corrected chi connectivity index (χ3v) is 7.53. The van der Waals surface area contributed by atoms with E-state index < -0.39 is 10.0 Å². The van der Waals surface area contributed by atoms with Crippen molar-refractivity contribution < 1.29 is 13.2 Å². The van der Waals surface area contributed by atoms with Crippen LogP contribution in [0.15, 0.2) is 47.4 Å². The second-order valence-electron chi connectivity index (χ2n) is 6.92. The fourth-order valence-electron chi connectivity index (χ4n) is 3.37. The summed E-state index contributed by atoms with van der Waals surface area (Å²) < 4.78 is 27.2. The van der Waals surface area contributed by atoms with Crippen molar-refractivity contribution in [2.75, 3.05) is 12.4 Å². The van der Waals surface area contributed by atoms with Gasteiger partial charge in [0.1, 0.15) is 0 Å². The molecule has 5 nitrogen and oxygen atoms in total. The quantitative estimate of drug-likeness (QED) is 0.694. The van der Waals surface area contributed by atoms with Crippen molar-refractivity contribution >= 4 is 44.8 Å². The maximum atomic E-state index is 12.9. The summed E-state index contributed by atoms with van der Waals surface area (Å²) in [4.78, 5) is 12.6. The average molecular weight is 441 g/mol. The lowest BCUT2D eigenvalue weighted by molar-refractivity contribution is 0.102. The maximum Gasteiger partial charge on any atom is 0.255 e. The van der Waals surface area contributed by atoms with Crippen molar-refractivity contribution in [2.45, 2.75) is 43.0 Å². The number of benzene rings is 2. The van der Waals surface area contributed by atoms with E-state index in [0.717, 1.165) is 32.1 Å². The van der Waals surface area contributed by atoms with E-state index in [0.29, 0.717) is 21.3 Å². The summed E-state index contributed by atoms with van der Waals surface area (Å²) in [6, 6.07) is 10.7. The number of carbonyl (C=O) groups excluding carboxylic acids is 1. The van der Waals surface area contributed by atoms with E-state index in [1.165, 1.54) is 34.6 Å². The lowest BCUT2D eigenvalue weighted by atomic mass is 9.96. The van der Waals surface area contributed by atoms with E-state index in [-0.39, 0.29) is 16.8 Å². The van der Waals surface area contributed by atoms with Crippen LogP contribution in [0.4, 0.5) is 5.69 Å². The largest absolute Gasteiger partial charge is 0.321 e. The third kappa shape index (κ3) is 4.69. The number of hydrogen-bond acceptors (Lipinski definition) is 3. The van der Waals surface area contributed by atoms with Gasteiger partial charge in [-0.15, -0.1) is 0 Å². The van der Waals surface area contributed by atoms with Crippen molar-refractivity contribution in [3.8, 4) is 0 Å². The van der Waals surface area contributed by atoms with Crippen LogP contribution in [0.3, 0.4) is 0 Å². The van der Waals surface area contributed by atoms with Crippen molar-refractivity contribution in [1.82, 2.24) is 4.31 Å². The Morgan fingerprint density at radius 1 is 1.04 bits per heavy atom. The number of sulfonamides is 1. The Bertz CT molecular complexity index is 956. The minimum absolute atomic E-state index is 0.0359. The Labute approximate surface area is 175 Å². The molecule has 1 N–H and O–H groups in total. The molecule has 0 bridgehead atoms. The van der Waals surface area contributed by atoms with Gasteiger partial charge in [-0.3, -0.25) is 4.79 Å². The number of hydrogen-bond donors (Lipinski definition) is 1. The smallest absolute Gasteiger partial charge is 0.255 e. The third-order valence-electron chi connectivity index (χ3n) is 5.06. The molecule has 150 valence electrons. The van der Waals surface area contributed by atoms with Crippen LogP contribution in [0, 0.1) is 0 Å². The highest BCUT2D eigenvalue weighted by Gasteiger charge is 2.29. The van der Waals surface area contributed by atoms with Crippen molar-refractivity contribution in [3.63, 3.8) is 0 Å². The molecular weight excluding hydrogens is 419 g/mol. The van der Waals surface area contributed by atoms with Crippen LogP contribution in [-0.2, 0) is 10.0 Å². The minimum Gasteiger partial charge on any atom is -0.321 e. The molecule has 8 heteroatoms. The summed E-state index contributed by atoms with van der Waals surface area (Å²) in [5.74, 6) is -0.381. The van der Waals surface area contributed by atoms with E-state index in [1.807, 2.05) is 0 Å². The van der Waals surface area contributed by atoms with Crippen LogP contribution in [0.5, 0.6) is 0 Å². The molecule has 0 unspecified atom stereocenters. The molecule has 0 spiro atoms. The van der Waals surface area contributed by atoms with Crippen LogP contribution < -0.4 is 5.32 Å². The first-order valence-corrected chi connectivity index (χ1v) is 11.3. The second-order valence-corrected chi connectivity index (χ2v) is 9.76. The fourth-order valence-corrected chi connectivity index (χ4v) is 5.24. The molecule has 0 aromatic heterocycles. The molecule has 3 rings (SSSR count). The number of halogens is 2. The van der Waals surface area contributed by atoms with Crippen LogP contribution in [0.25, 0.3) is 0 Å². The molecule has 0 atom stereocenters. The van der Waals surface area contributed by atoms with E-state index in [1.54, 1.807) is 19.2 Å². The first-order chi connectivity index (χ1) is 13.3. The van der Waals surface area contributed by atoms with Gasteiger partial charge in [0.25, 0.3) is 5.91 Å². The van der Waals surface area contributed by atoms with E-state index in [2.05, 4.69) is 5.32 Å². The summed E-state index contributed by atoms with van der Waals surface area (Å²) in [7, 11) is -1.95. The van der Waals surface area contributed by atoms with Gasteiger partial charge in [-0.25, -0.2) is 8.42 Å². The topological polar surface area (TPSA) is 66.5 Å². The maximum absolute atomic E-state index is 12.9. The molecule has 1 saturated carbocycles. The van der Waals surface area contributed by atoms with Gasteiger partial charge >= 0.3 is 0 Å². The Morgan fingerprint density at radius 3 is 2.29 bits per heavy atom. The zero-order valence-corrected chi connectivity index (χ0v) is 17.8. The Kier molecular flexibility index (Phi) is 6.65. The predicted molar refractivity (Wildman–Crippen MR) is 113 cm³/mol. The van der Waals surface area contributed by atoms with Crippen LogP contribution in [-0.4, -0.2) is 31.7 Å². The van der Waals surface area contributed by atoms with E-state index in [9.17, 15) is 13.2 Å². The van der Waals surface area contributed by atoms with E-state index >= 15 is 0 Å². The summed E-state index contributed by atoms with van der Waals surface area (Å²) in [6.07, 6.45) is 5.04. The van der Waals surface area contributed by atoms with Gasteiger partial charge in [0.05, 0.1) is 15.6 Å². The lowest BCUT2D eigenvalue weighted by Crippen LogP contribution is -2.38. The Balaban J connectivity index is 1.74. The van der Waals surface area contributed by atoms with Crippen molar-refractivity contribution in [1.29, 1.82) is 0 Å². The molecule has 1 fully saturated rings. The fraction of sp³-hybridized carbons (Fsp3) is 0.350. The second kappa shape index (κ2) is 8.82.